The summed E-state index contributed by atoms with van der Waals surface area (Å²) in [5, 5.41) is 3.27. The predicted octanol–water partition coefficient (Wildman–Crippen LogP) is 2.36. The summed E-state index contributed by atoms with van der Waals surface area (Å²) in [6, 6.07) is 8.99. The fraction of sp³-hybridized carbons (Fsp3) is 0.632. The van der Waals surface area contributed by atoms with Gasteiger partial charge in [-0.15, -0.1) is 11.8 Å². The molecule has 0 heterocycles. The third-order valence-electron chi connectivity index (χ3n) is 5.18. The Morgan fingerprint density at radius 1 is 1.26 bits per heavy atom. The lowest BCUT2D eigenvalue weighted by Crippen LogP contribution is -3.09. The van der Waals surface area contributed by atoms with E-state index in [4.69, 9.17) is 0 Å². The first-order valence-corrected chi connectivity index (χ1v) is 9.95. The average molecular weight is 336 g/mol. The van der Waals surface area contributed by atoms with Crippen molar-refractivity contribution in [3.05, 3.63) is 29.8 Å². The van der Waals surface area contributed by atoms with Gasteiger partial charge in [-0.2, -0.15) is 0 Å². The first-order valence-electron chi connectivity index (χ1n) is 8.73. The van der Waals surface area contributed by atoms with E-state index in [-0.39, 0.29) is 5.91 Å². The van der Waals surface area contributed by atoms with Gasteiger partial charge in [0.25, 0.3) is 5.91 Å². The third kappa shape index (κ3) is 5.54. The van der Waals surface area contributed by atoms with Gasteiger partial charge in [0.1, 0.15) is 6.54 Å². The van der Waals surface area contributed by atoms with Gasteiger partial charge in [-0.1, -0.05) is 38.8 Å². The van der Waals surface area contributed by atoms with E-state index in [9.17, 15) is 4.79 Å². The fourth-order valence-corrected chi connectivity index (χ4v) is 3.88. The summed E-state index contributed by atoms with van der Waals surface area (Å²) >= 11 is 1.76. The van der Waals surface area contributed by atoms with Gasteiger partial charge >= 0.3 is 0 Å². The molecule has 3 nitrogen and oxygen atoms in total. The topological polar surface area (TPSA) is 33.5 Å². The quantitative estimate of drug-likeness (QED) is 0.783. The molecule has 0 aliphatic heterocycles. The van der Waals surface area contributed by atoms with Crippen molar-refractivity contribution < 1.29 is 9.69 Å². The van der Waals surface area contributed by atoms with Gasteiger partial charge in [0.2, 0.25) is 0 Å². The molecule has 128 valence electrons. The van der Waals surface area contributed by atoms with Crippen molar-refractivity contribution in [2.24, 2.45) is 11.8 Å². The summed E-state index contributed by atoms with van der Waals surface area (Å²) < 4.78 is 0. The lowest BCUT2D eigenvalue weighted by atomic mass is 9.78. The summed E-state index contributed by atoms with van der Waals surface area (Å²) in [6.45, 7) is 6.01. The number of thioether (sulfide) groups is 1. The van der Waals surface area contributed by atoms with Crippen LogP contribution in [0.4, 0.5) is 0 Å². The number of carbonyl (C=O) groups excluding carboxylic acids is 1. The maximum absolute atomic E-state index is 12.3. The monoisotopic (exact) mass is 335 g/mol. The molecule has 1 saturated carbocycles. The highest BCUT2D eigenvalue weighted by molar-refractivity contribution is 7.98. The first kappa shape index (κ1) is 18.3. The zero-order valence-corrected chi connectivity index (χ0v) is 15.7. The van der Waals surface area contributed by atoms with Gasteiger partial charge in [0, 0.05) is 16.5 Å². The van der Waals surface area contributed by atoms with E-state index in [1.54, 1.807) is 11.8 Å². The minimum Gasteiger partial charge on any atom is -0.348 e. The van der Waals surface area contributed by atoms with Crippen LogP contribution in [0.25, 0.3) is 0 Å². The largest absolute Gasteiger partial charge is 0.348 e. The van der Waals surface area contributed by atoms with Crippen molar-refractivity contribution in [3.63, 3.8) is 0 Å². The Morgan fingerprint density at radius 3 is 2.61 bits per heavy atom. The molecular formula is C19H31N2OS+. The molecule has 0 spiro atoms. The lowest BCUT2D eigenvalue weighted by Gasteiger charge is -2.34. The van der Waals surface area contributed by atoms with Gasteiger partial charge in [-0.05, 0) is 36.6 Å². The van der Waals surface area contributed by atoms with Crippen LogP contribution in [-0.4, -0.2) is 31.8 Å². The summed E-state index contributed by atoms with van der Waals surface area (Å²) in [5.41, 5.74) is 1.28. The summed E-state index contributed by atoms with van der Waals surface area (Å²) in [6.07, 6.45) is 5.75. The normalized spacial score (nSPS) is 25.8. The number of amides is 1. The van der Waals surface area contributed by atoms with Crippen LogP contribution in [0.5, 0.6) is 0 Å². The Kier molecular flexibility index (Phi) is 6.97. The standard InChI is InChI=1S/C19H30N2OS/c1-14-6-5-7-18(15(14)2)20-19(22)13-21(3)12-16-8-10-17(23-4)11-9-16/h8-11,14-15,18H,5-7,12-13H2,1-4H3,(H,20,22)/p+1/t14-,15+,18-/m1/s1. The van der Waals surface area contributed by atoms with Gasteiger partial charge in [-0.25, -0.2) is 0 Å². The van der Waals surface area contributed by atoms with Crippen LogP contribution in [0.15, 0.2) is 29.2 Å². The zero-order chi connectivity index (χ0) is 16.8. The Morgan fingerprint density at radius 2 is 1.96 bits per heavy atom. The highest BCUT2D eigenvalue weighted by Gasteiger charge is 2.28. The Labute approximate surface area is 145 Å². The Hall–Kier alpha value is -1.00. The minimum atomic E-state index is 0.189. The molecule has 0 radical (unpaired) electrons. The summed E-state index contributed by atoms with van der Waals surface area (Å²) in [7, 11) is 2.09. The van der Waals surface area contributed by atoms with Crippen molar-refractivity contribution in [2.75, 3.05) is 19.8 Å². The Bertz CT molecular complexity index is 503. The predicted molar refractivity (Wildman–Crippen MR) is 97.8 cm³/mol. The van der Waals surface area contributed by atoms with Crippen molar-refractivity contribution in [1.29, 1.82) is 0 Å². The molecule has 2 N–H and O–H groups in total. The fourth-order valence-electron chi connectivity index (χ4n) is 3.47. The maximum Gasteiger partial charge on any atom is 0.275 e. The molecule has 23 heavy (non-hydrogen) atoms. The zero-order valence-electron chi connectivity index (χ0n) is 14.9. The number of rotatable bonds is 6. The SMILES string of the molecule is CSc1ccc(C[NH+](C)CC(=O)N[C@@H]2CCC[C@@H](C)[C@@H]2C)cc1. The van der Waals surface area contributed by atoms with Gasteiger partial charge in [-0.3, -0.25) is 4.79 Å². The molecule has 0 saturated heterocycles. The Balaban J connectivity index is 1.79. The second kappa shape index (κ2) is 8.74. The summed E-state index contributed by atoms with van der Waals surface area (Å²) in [4.78, 5) is 14.8. The van der Waals surface area contributed by atoms with Crippen LogP contribution in [0, 0.1) is 11.8 Å². The number of likely N-dealkylation sites (N-methyl/N-ethyl adjacent to an activating group) is 1. The van der Waals surface area contributed by atoms with E-state index >= 15 is 0 Å². The molecule has 1 unspecified atom stereocenters. The van der Waals surface area contributed by atoms with Crippen LogP contribution in [-0.2, 0) is 11.3 Å². The molecule has 0 aromatic heterocycles. The van der Waals surface area contributed by atoms with Gasteiger partial charge < -0.3 is 10.2 Å². The number of nitrogens with one attached hydrogen (secondary N) is 2. The molecule has 2 rings (SSSR count). The molecule has 1 aromatic rings. The lowest BCUT2D eigenvalue weighted by molar-refractivity contribution is -0.885. The number of benzene rings is 1. The van der Waals surface area contributed by atoms with E-state index in [1.807, 2.05) is 0 Å². The average Bonchev–Trinajstić information content (AvgIpc) is 2.52. The van der Waals surface area contributed by atoms with E-state index in [1.165, 1.54) is 28.2 Å². The maximum atomic E-state index is 12.3. The summed E-state index contributed by atoms with van der Waals surface area (Å²) in [5.74, 6) is 1.50. The van der Waals surface area contributed by atoms with E-state index in [0.29, 0.717) is 24.4 Å². The molecule has 0 bridgehead atoms. The second-order valence-electron chi connectivity index (χ2n) is 7.10. The van der Waals surface area contributed by atoms with Crippen LogP contribution in [0.2, 0.25) is 0 Å². The highest BCUT2D eigenvalue weighted by atomic mass is 32.2. The van der Waals surface area contributed by atoms with E-state index < -0.39 is 0 Å². The molecule has 1 aliphatic carbocycles. The molecule has 1 aromatic carbocycles. The molecule has 4 atom stereocenters. The van der Waals surface area contributed by atoms with Crippen molar-refractivity contribution in [3.8, 4) is 0 Å². The molecule has 1 aliphatic rings. The van der Waals surface area contributed by atoms with E-state index in [0.717, 1.165) is 13.0 Å². The van der Waals surface area contributed by atoms with Gasteiger partial charge in [0.05, 0.1) is 7.05 Å². The number of hydrogen-bond donors (Lipinski definition) is 2. The molecule has 4 heteroatoms. The van der Waals surface area contributed by atoms with Gasteiger partial charge in [0.15, 0.2) is 6.54 Å². The van der Waals surface area contributed by atoms with Crippen LogP contribution in [0.1, 0.15) is 38.7 Å². The van der Waals surface area contributed by atoms with E-state index in [2.05, 4.69) is 56.7 Å². The number of carbonyl (C=O) groups is 1. The number of hydrogen-bond acceptors (Lipinski definition) is 2. The molecule has 1 amide bonds. The first-order chi connectivity index (χ1) is 11.0. The minimum absolute atomic E-state index is 0.189. The second-order valence-corrected chi connectivity index (χ2v) is 7.98. The van der Waals surface area contributed by atoms with Crippen LogP contribution in [0.3, 0.4) is 0 Å². The van der Waals surface area contributed by atoms with Crippen LogP contribution < -0.4 is 10.2 Å². The highest BCUT2D eigenvalue weighted by Crippen LogP contribution is 2.29. The third-order valence-corrected chi connectivity index (χ3v) is 5.92. The van der Waals surface area contributed by atoms with Crippen LogP contribution >= 0.6 is 11.8 Å². The van der Waals surface area contributed by atoms with Crippen molar-refractivity contribution >= 4 is 17.7 Å². The molecular weight excluding hydrogens is 304 g/mol. The number of quaternary nitrogens is 1. The van der Waals surface area contributed by atoms with Crippen molar-refractivity contribution in [2.45, 2.75) is 50.6 Å². The smallest absolute Gasteiger partial charge is 0.275 e. The molecule has 1 fully saturated rings. The van der Waals surface area contributed by atoms with Crippen molar-refractivity contribution in [1.82, 2.24) is 5.32 Å².